The quantitative estimate of drug-likeness (QED) is 0.559. The van der Waals surface area contributed by atoms with Gasteiger partial charge in [0.15, 0.2) is 5.54 Å². The molecule has 3 N–H and O–H groups in total. The van der Waals surface area contributed by atoms with Gasteiger partial charge in [-0.25, -0.2) is 4.79 Å². The lowest BCUT2D eigenvalue weighted by Crippen LogP contribution is -2.70. The molecule has 1 aliphatic carbocycles. The fraction of sp³-hybridized carbons (Fsp3) is 0.750. The van der Waals surface area contributed by atoms with E-state index in [0.717, 1.165) is 0 Å². The molecule has 14 heavy (non-hydrogen) atoms. The van der Waals surface area contributed by atoms with Crippen LogP contribution in [0.1, 0.15) is 13.3 Å². The molecule has 76 valence electrons. The molecule has 4 atom stereocenters. The maximum absolute atomic E-state index is 11.5. The Morgan fingerprint density at radius 2 is 2.43 bits per heavy atom. The van der Waals surface area contributed by atoms with Crippen molar-refractivity contribution in [1.29, 1.82) is 0 Å². The molecule has 2 saturated heterocycles. The fourth-order valence-electron chi connectivity index (χ4n) is 2.61. The molecule has 1 saturated carbocycles. The van der Waals surface area contributed by atoms with E-state index in [1.54, 1.807) is 0 Å². The van der Waals surface area contributed by atoms with Gasteiger partial charge < -0.3 is 15.7 Å². The zero-order valence-electron chi connectivity index (χ0n) is 7.56. The van der Waals surface area contributed by atoms with Gasteiger partial charge in [-0.05, 0) is 6.92 Å². The molecule has 0 aromatic rings. The van der Waals surface area contributed by atoms with E-state index >= 15 is 0 Å². The molecule has 0 bridgehead atoms. The lowest BCUT2D eigenvalue weighted by molar-refractivity contribution is -0.161. The summed E-state index contributed by atoms with van der Waals surface area (Å²) in [6.45, 7) is 1.89. The predicted octanol–water partition coefficient (Wildman–Crippen LogP) is -0.785. The van der Waals surface area contributed by atoms with Crippen molar-refractivity contribution >= 4 is 23.6 Å². The van der Waals surface area contributed by atoms with Gasteiger partial charge in [0.05, 0.1) is 4.75 Å². The molecule has 2 aliphatic heterocycles. The van der Waals surface area contributed by atoms with Gasteiger partial charge in [0.1, 0.15) is 11.4 Å². The topological polar surface area (TPSA) is 83.6 Å². The lowest BCUT2D eigenvalue weighted by atomic mass is 10.0. The summed E-state index contributed by atoms with van der Waals surface area (Å²) in [5.41, 5.74) is 4.65. The van der Waals surface area contributed by atoms with Gasteiger partial charge in [-0.1, -0.05) is 0 Å². The number of hydrogen-bond acceptors (Lipinski definition) is 4. The number of hydrogen-bond donors (Lipinski definition) is 2. The summed E-state index contributed by atoms with van der Waals surface area (Å²) in [6.07, 6.45) is 0.551. The second-order valence-corrected chi connectivity index (χ2v) is 5.94. The molecule has 0 aromatic carbocycles. The Kier molecular flexibility index (Phi) is 1.19. The minimum absolute atomic E-state index is 0.114. The summed E-state index contributed by atoms with van der Waals surface area (Å²) >= 11 is 1.53. The van der Waals surface area contributed by atoms with Crippen molar-refractivity contribution < 1.29 is 14.7 Å². The van der Waals surface area contributed by atoms with E-state index in [-0.39, 0.29) is 16.0 Å². The van der Waals surface area contributed by atoms with Crippen molar-refractivity contribution in [2.24, 2.45) is 5.73 Å². The highest BCUT2D eigenvalue weighted by atomic mass is 32.2. The Labute approximate surface area is 84.6 Å². The van der Waals surface area contributed by atoms with Gasteiger partial charge in [0, 0.05) is 6.42 Å². The van der Waals surface area contributed by atoms with Crippen molar-refractivity contribution in [3.8, 4) is 0 Å². The molecule has 0 spiro atoms. The van der Waals surface area contributed by atoms with Crippen LogP contribution < -0.4 is 5.73 Å². The molecule has 6 heteroatoms. The third kappa shape index (κ3) is 0.577. The largest absolute Gasteiger partial charge is 0.479 e. The lowest BCUT2D eigenvalue weighted by Gasteiger charge is -2.43. The van der Waals surface area contributed by atoms with Crippen LogP contribution in [0.2, 0.25) is 0 Å². The van der Waals surface area contributed by atoms with E-state index < -0.39 is 17.6 Å². The molecule has 3 rings (SSSR count). The van der Waals surface area contributed by atoms with Crippen molar-refractivity contribution in [3.05, 3.63) is 0 Å². The summed E-state index contributed by atoms with van der Waals surface area (Å²) < 4.78 is -0.312. The number of nitrogens with zero attached hydrogens (tertiary/aromatic N) is 1. The fourth-order valence-corrected chi connectivity index (χ4v) is 4.47. The first-order chi connectivity index (χ1) is 6.44. The van der Waals surface area contributed by atoms with Crippen LogP contribution in [0.25, 0.3) is 0 Å². The zero-order chi connectivity index (χ0) is 10.3. The SMILES string of the molecule is CC12C[C@]1(C(=O)O)N1C(=O)[C@@H](N)[C@H]1S2. The Morgan fingerprint density at radius 3 is 3.00 bits per heavy atom. The van der Waals surface area contributed by atoms with Crippen LogP contribution in [0.3, 0.4) is 0 Å². The Balaban J connectivity index is 2.03. The van der Waals surface area contributed by atoms with Gasteiger partial charge in [-0.3, -0.25) is 4.79 Å². The first-order valence-corrected chi connectivity index (χ1v) is 5.32. The average molecular weight is 214 g/mol. The maximum Gasteiger partial charge on any atom is 0.331 e. The third-order valence-electron chi connectivity index (χ3n) is 3.57. The van der Waals surface area contributed by atoms with Crippen molar-refractivity contribution in [1.82, 2.24) is 4.90 Å². The van der Waals surface area contributed by atoms with Crippen LogP contribution in [0.4, 0.5) is 0 Å². The van der Waals surface area contributed by atoms with Crippen molar-refractivity contribution in [2.45, 2.75) is 35.0 Å². The van der Waals surface area contributed by atoms with Gasteiger partial charge in [-0.2, -0.15) is 0 Å². The summed E-state index contributed by atoms with van der Waals surface area (Å²) in [5, 5.41) is 9.04. The second kappa shape index (κ2) is 1.94. The monoisotopic (exact) mass is 214 g/mol. The first-order valence-electron chi connectivity index (χ1n) is 4.44. The van der Waals surface area contributed by atoms with Gasteiger partial charge >= 0.3 is 5.97 Å². The number of carboxylic acid groups (broad SMARTS) is 1. The maximum atomic E-state index is 11.5. The number of amides is 1. The molecule has 0 radical (unpaired) electrons. The summed E-state index contributed by atoms with van der Waals surface area (Å²) in [5.74, 6) is -1.11. The highest BCUT2D eigenvalue weighted by Crippen LogP contribution is 2.71. The van der Waals surface area contributed by atoms with Gasteiger partial charge in [-0.15, -0.1) is 11.8 Å². The Hall–Kier alpha value is -0.750. The van der Waals surface area contributed by atoms with E-state index in [4.69, 9.17) is 10.8 Å². The van der Waals surface area contributed by atoms with Crippen LogP contribution in [0.15, 0.2) is 0 Å². The summed E-state index contributed by atoms with van der Waals surface area (Å²) in [7, 11) is 0. The van der Waals surface area contributed by atoms with Crippen LogP contribution in [-0.4, -0.2) is 43.6 Å². The standard InChI is InChI=1S/C8H10N2O3S/c1-7-2-8(7,6(12)13)10-4(11)3(9)5(10)14-7/h3,5H,2,9H2,1H3,(H,12,13)/t3-,5-,7?,8-/m1/s1. The van der Waals surface area contributed by atoms with Gasteiger partial charge in [0.2, 0.25) is 5.91 Å². The molecular weight excluding hydrogens is 204 g/mol. The predicted molar refractivity (Wildman–Crippen MR) is 49.6 cm³/mol. The van der Waals surface area contributed by atoms with E-state index in [9.17, 15) is 9.59 Å². The number of fused-ring (bicyclic) bond motifs is 3. The summed E-state index contributed by atoms with van der Waals surface area (Å²) in [4.78, 5) is 24.1. The number of β-lactam (4-membered cyclic amide) rings is 1. The normalized spacial score (nSPS) is 53.6. The number of aliphatic carboxylic acids is 1. The second-order valence-electron chi connectivity index (χ2n) is 4.32. The van der Waals surface area contributed by atoms with Crippen LogP contribution in [0, 0.1) is 0 Å². The molecule has 5 nitrogen and oxygen atoms in total. The Bertz CT molecular complexity index is 374. The van der Waals surface area contributed by atoms with Crippen molar-refractivity contribution in [2.75, 3.05) is 0 Å². The van der Waals surface area contributed by atoms with E-state index in [1.165, 1.54) is 16.7 Å². The number of nitrogens with two attached hydrogens (primary N) is 1. The minimum atomic E-state index is -0.949. The number of thioether (sulfide) groups is 1. The van der Waals surface area contributed by atoms with E-state index in [0.29, 0.717) is 6.42 Å². The first kappa shape index (κ1) is 8.55. The average Bonchev–Trinajstić information content (AvgIpc) is 2.65. The number of carbonyl (C=O) groups excluding carboxylic acids is 1. The molecule has 0 aromatic heterocycles. The smallest absolute Gasteiger partial charge is 0.331 e. The van der Waals surface area contributed by atoms with Crippen molar-refractivity contribution in [3.63, 3.8) is 0 Å². The summed E-state index contributed by atoms with van der Waals surface area (Å²) in [6, 6.07) is -0.499. The van der Waals surface area contributed by atoms with Crippen LogP contribution >= 0.6 is 11.8 Å². The number of rotatable bonds is 1. The van der Waals surface area contributed by atoms with E-state index in [2.05, 4.69) is 0 Å². The van der Waals surface area contributed by atoms with Gasteiger partial charge in [0.25, 0.3) is 0 Å². The molecule has 3 fully saturated rings. The van der Waals surface area contributed by atoms with Crippen LogP contribution in [-0.2, 0) is 9.59 Å². The highest BCUT2D eigenvalue weighted by molar-refractivity contribution is 8.02. The molecule has 1 amide bonds. The molecule has 2 heterocycles. The minimum Gasteiger partial charge on any atom is -0.479 e. The number of carboxylic acids is 1. The van der Waals surface area contributed by atoms with Crippen LogP contribution in [0.5, 0.6) is 0 Å². The molecular formula is C8H10N2O3S. The molecule has 3 aliphatic rings. The third-order valence-corrected chi connectivity index (χ3v) is 5.32. The Morgan fingerprint density at radius 1 is 1.79 bits per heavy atom. The highest BCUT2D eigenvalue weighted by Gasteiger charge is 2.84. The van der Waals surface area contributed by atoms with E-state index in [1.807, 2.05) is 6.92 Å². The molecule has 1 unspecified atom stereocenters. The zero-order valence-corrected chi connectivity index (χ0v) is 8.37. The number of carbonyl (C=O) groups is 2.